The van der Waals surface area contributed by atoms with Crippen LogP contribution in [0, 0.1) is 6.92 Å². The molecule has 0 saturated heterocycles. The number of amides is 1. The number of rotatable bonds is 6. The number of nitrogens with one attached hydrogen (secondary N) is 1. The zero-order valence-electron chi connectivity index (χ0n) is 15.3. The van der Waals surface area contributed by atoms with Crippen molar-refractivity contribution in [3.05, 3.63) is 77.5 Å². The highest BCUT2D eigenvalue weighted by Gasteiger charge is 2.13. The summed E-state index contributed by atoms with van der Waals surface area (Å²) in [5.74, 6) is -0.432. The van der Waals surface area contributed by atoms with Crippen LogP contribution in [0.2, 0.25) is 0 Å². The first-order valence-electron chi connectivity index (χ1n) is 8.75. The minimum atomic E-state index is -0.527. The van der Waals surface area contributed by atoms with E-state index in [0.717, 1.165) is 23.4 Å². The summed E-state index contributed by atoms with van der Waals surface area (Å²) in [5, 5.41) is 7.13. The molecule has 0 bridgehead atoms. The first-order valence-corrected chi connectivity index (χ1v) is 8.75. The van der Waals surface area contributed by atoms with Gasteiger partial charge in [-0.15, -0.1) is 0 Å². The molecule has 0 spiro atoms. The Morgan fingerprint density at radius 3 is 2.44 bits per heavy atom. The molecule has 0 fully saturated rings. The van der Waals surface area contributed by atoms with Crippen molar-refractivity contribution in [2.24, 2.45) is 0 Å². The summed E-state index contributed by atoms with van der Waals surface area (Å²) in [4.78, 5) is 24.3. The van der Waals surface area contributed by atoms with Crippen LogP contribution in [-0.4, -0.2) is 28.3 Å². The third-order valence-corrected chi connectivity index (χ3v) is 4.03. The number of carbonyl (C=O) groups is 2. The number of hydrogen-bond acceptors (Lipinski definition) is 4. The van der Waals surface area contributed by atoms with Crippen molar-refractivity contribution in [1.29, 1.82) is 0 Å². The van der Waals surface area contributed by atoms with Crippen molar-refractivity contribution in [3.8, 4) is 5.69 Å². The second kappa shape index (κ2) is 8.31. The molecule has 3 aromatic rings. The average Bonchev–Trinajstić information content (AvgIpc) is 3.07. The average molecular weight is 363 g/mol. The molecule has 0 aliphatic heterocycles. The molecule has 1 heterocycles. The second-order valence-electron chi connectivity index (χ2n) is 6.09. The Labute approximate surface area is 157 Å². The third kappa shape index (κ3) is 4.61. The standard InChI is InChI=1S/C21H21N3O3/c1-3-16-9-11-17(12-10-16)21(26)27-14-20(25)22-19-13-15(2)23-24(19)18-7-5-4-6-8-18/h4-13H,3,14H2,1-2H3,(H,22,25). The zero-order valence-corrected chi connectivity index (χ0v) is 15.3. The van der Waals surface area contributed by atoms with Gasteiger partial charge in [-0.2, -0.15) is 5.10 Å². The Balaban J connectivity index is 1.62. The number of para-hydroxylation sites is 1. The highest BCUT2D eigenvalue weighted by Crippen LogP contribution is 2.16. The molecule has 138 valence electrons. The molecular weight excluding hydrogens is 342 g/mol. The fraction of sp³-hybridized carbons (Fsp3) is 0.190. The van der Waals surface area contributed by atoms with Gasteiger partial charge in [0.25, 0.3) is 5.91 Å². The SMILES string of the molecule is CCc1ccc(C(=O)OCC(=O)Nc2cc(C)nn2-c2ccccc2)cc1. The summed E-state index contributed by atoms with van der Waals surface area (Å²) in [6.07, 6.45) is 0.895. The van der Waals surface area contributed by atoms with Gasteiger partial charge < -0.3 is 10.1 Å². The number of hydrogen-bond donors (Lipinski definition) is 1. The van der Waals surface area contributed by atoms with Crippen LogP contribution >= 0.6 is 0 Å². The van der Waals surface area contributed by atoms with Crippen molar-refractivity contribution in [1.82, 2.24) is 9.78 Å². The quantitative estimate of drug-likeness (QED) is 0.680. The van der Waals surface area contributed by atoms with E-state index in [1.165, 1.54) is 0 Å². The Bertz CT molecular complexity index is 931. The van der Waals surface area contributed by atoms with Gasteiger partial charge in [-0.25, -0.2) is 9.48 Å². The summed E-state index contributed by atoms with van der Waals surface area (Å²) in [7, 11) is 0. The summed E-state index contributed by atoms with van der Waals surface area (Å²) in [5.41, 5.74) is 3.15. The maximum atomic E-state index is 12.2. The summed E-state index contributed by atoms with van der Waals surface area (Å²) >= 11 is 0. The number of esters is 1. The molecule has 2 aromatic carbocycles. The molecule has 1 N–H and O–H groups in total. The van der Waals surface area contributed by atoms with E-state index in [9.17, 15) is 9.59 Å². The fourth-order valence-electron chi connectivity index (χ4n) is 2.62. The normalized spacial score (nSPS) is 10.4. The van der Waals surface area contributed by atoms with E-state index in [-0.39, 0.29) is 6.61 Å². The molecule has 0 radical (unpaired) electrons. The van der Waals surface area contributed by atoms with E-state index in [2.05, 4.69) is 10.4 Å². The Kier molecular flexibility index (Phi) is 5.66. The Morgan fingerprint density at radius 2 is 1.78 bits per heavy atom. The van der Waals surface area contributed by atoms with E-state index in [4.69, 9.17) is 4.74 Å². The molecule has 0 unspecified atom stereocenters. The minimum absolute atomic E-state index is 0.368. The van der Waals surface area contributed by atoms with E-state index in [1.807, 2.05) is 56.3 Å². The van der Waals surface area contributed by atoms with Gasteiger partial charge in [-0.3, -0.25) is 4.79 Å². The van der Waals surface area contributed by atoms with E-state index in [0.29, 0.717) is 11.4 Å². The van der Waals surface area contributed by atoms with Gasteiger partial charge in [0.15, 0.2) is 6.61 Å². The van der Waals surface area contributed by atoms with Crippen molar-refractivity contribution >= 4 is 17.7 Å². The third-order valence-electron chi connectivity index (χ3n) is 4.03. The number of carbonyl (C=O) groups excluding carboxylic acids is 2. The van der Waals surface area contributed by atoms with Crippen LogP contribution in [-0.2, 0) is 16.0 Å². The highest BCUT2D eigenvalue weighted by atomic mass is 16.5. The van der Waals surface area contributed by atoms with E-state index >= 15 is 0 Å². The van der Waals surface area contributed by atoms with Gasteiger partial charge in [0.05, 0.1) is 16.9 Å². The van der Waals surface area contributed by atoms with Crippen LogP contribution < -0.4 is 5.32 Å². The largest absolute Gasteiger partial charge is 0.452 e. The molecule has 27 heavy (non-hydrogen) atoms. The number of nitrogens with zero attached hydrogens (tertiary/aromatic N) is 2. The monoisotopic (exact) mass is 363 g/mol. The maximum Gasteiger partial charge on any atom is 0.338 e. The molecular formula is C21H21N3O3. The minimum Gasteiger partial charge on any atom is -0.452 e. The molecule has 0 saturated carbocycles. The molecule has 6 heteroatoms. The van der Waals surface area contributed by atoms with Crippen LogP contribution in [0.4, 0.5) is 5.82 Å². The van der Waals surface area contributed by atoms with Crippen LogP contribution in [0.3, 0.4) is 0 Å². The molecule has 3 rings (SSSR count). The lowest BCUT2D eigenvalue weighted by Gasteiger charge is -2.09. The topological polar surface area (TPSA) is 73.2 Å². The predicted molar refractivity (Wildman–Crippen MR) is 103 cm³/mol. The Hall–Kier alpha value is -3.41. The second-order valence-corrected chi connectivity index (χ2v) is 6.09. The van der Waals surface area contributed by atoms with Gasteiger partial charge in [-0.05, 0) is 43.2 Å². The highest BCUT2D eigenvalue weighted by molar-refractivity contribution is 5.95. The molecule has 6 nitrogen and oxygen atoms in total. The van der Waals surface area contributed by atoms with Gasteiger partial charge in [0.2, 0.25) is 0 Å². The summed E-state index contributed by atoms with van der Waals surface area (Å²) in [6, 6.07) is 18.4. The summed E-state index contributed by atoms with van der Waals surface area (Å²) < 4.78 is 6.74. The Morgan fingerprint density at radius 1 is 1.07 bits per heavy atom. The van der Waals surface area contributed by atoms with Crippen molar-refractivity contribution in [2.45, 2.75) is 20.3 Å². The number of anilines is 1. The molecule has 1 amide bonds. The molecule has 0 atom stereocenters. The van der Waals surface area contributed by atoms with Crippen LogP contribution in [0.5, 0.6) is 0 Å². The van der Waals surface area contributed by atoms with Gasteiger partial charge >= 0.3 is 5.97 Å². The van der Waals surface area contributed by atoms with E-state index in [1.54, 1.807) is 22.9 Å². The first-order chi connectivity index (χ1) is 13.1. The van der Waals surface area contributed by atoms with Gasteiger partial charge in [0.1, 0.15) is 5.82 Å². The van der Waals surface area contributed by atoms with Crippen molar-refractivity contribution in [2.75, 3.05) is 11.9 Å². The van der Waals surface area contributed by atoms with E-state index < -0.39 is 11.9 Å². The molecule has 0 aliphatic rings. The number of ether oxygens (including phenoxy) is 1. The zero-order chi connectivity index (χ0) is 19.2. The summed E-state index contributed by atoms with van der Waals surface area (Å²) in [6.45, 7) is 3.52. The lowest BCUT2D eigenvalue weighted by atomic mass is 10.1. The lowest BCUT2D eigenvalue weighted by Crippen LogP contribution is -2.22. The number of aryl methyl sites for hydroxylation is 2. The maximum absolute atomic E-state index is 12.2. The van der Waals surface area contributed by atoms with Gasteiger partial charge in [0, 0.05) is 6.07 Å². The van der Waals surface area contributed by atoms with Crippen molar-refractivity contribution in [3.63, 3.8) is 0 Å². The van der Waals surface area contributed by atoms with Crippen molar-refractivity contribution < 1.29 is 14.3 Å². The van der Waals surface area contributed by atoms with Gasteiger partial charge in [-0.1, -0.05) is 37.3 Å². The van der Waals surface area contributed by atoms with Crippen LogP contribution in [0.25, 0.3) is 5.69 Å². The number of benzene rings is 2. The van der Waals surface area contributed by atoms with Crippen LogP contribution in [0.1, 0.15) is 28.5 Å². The smallest absolute Gasteiger partial charge is 0.338 e. The molecule has 1 aromatic heterocycles. The fourth-order valence-corrected chi connectivity index (χ4v) is 2.62. The van der Waals surface area contributed by atoms with Crippen LogP contribution in [0.15, 0.2) is 60.7 Å². The predicted octanol–water partition coefficient (Wildman–Crippen LogP) is 3.54. The first kappa shape index (κ1) is 18.4. The molecule has 0 aliphatic carbocycles. The number of aromatic nitrogens is 2. The lowest BCUT2D eigenvalue weighted by molar-refractivity contribution is -0.119.